The highest BCUT2D eigenvalue weighted by atomic mass is 16.4. The predicted molar refractivity (Wildman–Crippen MR) is 83.3 cm³/mol. The van der Waals surface area contributed by atoms with E-state index in [1.165, 1.54) is 12.8 Å². The van der Waals surface area contributed by atoms with Crippen LogP contribution in [0.2, 0.25) is 0 Å². The van der Waals surface area contributed by atoms with Gasteiger partial charge in [0.2, 0.25) is 0 Å². The average Bonchev–Trinajstić information content (AvgIpc) is 2.61. The van der Waals surface area contributed by atoms with Crippen molar-refractivity contribution in [3.8, 4) is 0 Å². The van der Waals surface area contributed by atoms with Crippen LogP contribution in [-0.4, -0.2) is 41.1 Å². The first kappa shape index (κ1) is 17.8. The zero-order valence-corrected chi connectivity index (χ0v) is 13.7. The first-order chi connectivity index (χ1) is 9.82. The number of nitrogens with one attached hydrogen (secondary N) is 1. The van der Waals surface area contributed by atoms with Crippen LogP contribution in [0.3, 0.4) is 0 Å². The molecule has 5 nitrogen and oxygen atoms in total. The van der Waals surface area contributed by atoms with Crippen LogP contribution in [0.4, 0.5) is 4.79 Å². The summed E-state index contributed by atoms with van der Waals surface area (Å²) in [6, 6.07) is 0.339. The van der Waals surface area contributed by atoms with Crippen molar-refractivity contribution in [3.63, 3.8) is 0 Å². The standard InChI is InChI=1S/C16H30N2O3/c1-13-7-5-4-6-12-18(13)15(21)17-11-10-16(2,3)9-8-14(19)20/h13H,4-12H2,1-3H3,(H,17,21)(H,19,20). The monoisotopic (exact) mass is 298 g/mol. The number of aliphatic carboxylic acids is 1. The van der Waals surface area contributed by atoms with Gasteiger partial charge in [0.1, 0.15) is 0 Å². The molecule has 0 aromatic heterocycles. The lowest BCUT2D eigenvalue weighted by Crippen LogP contribution is -2.45. The molecular weight excluding hydrogens is 268 g/mol. The molecule has 2 amide bonds. The van der Waals surface area contributed by atoms with Crippen LogP contribution in [0.1, 0.15) is 65.7 Å². The molecule has 2 N–H and O–H groups in total. The van der Waals surface area contributed by atoms with Gasteiger partial charge in [-0.05, 0) is 38.0 Å². The van der Waals surface area contributed by atoms with Crippen molar-refractivity contribution in [3.05, 3.63) is 0 Å². The van der Waals surface area contributed by atoms with E-state index in [0.29, 0.717) is 19.0 Å². The number of nitrogens with zero attached hydrogens (tertiary/aromatic N) is 1. The second-order valence-electron chi connectivity index (χ2n) is 6.93. The minimum atomic E-state index is -0.759. The van der Waals surface area contributed by atoms with Crippen molar-refractivity contribution in [2.24, 2.45) is 5.41 Å². The summed E-state index contributed by atoms with van der Waals surface area (Å²) in [7, 11) is 0. The smallest absolute Gasteiger partial charge is 0.317 e. The third-order valence-electron chi connectivity index (χ3n) is 4.41. The summed E-state index contributed by atoms with van der Waals surface area (Å²) in [5.74, 6) is -0.759. The molecule has 0 saturated carbocycles. The Morgan fingerprint density at radius 2 is 1.95 bits per heavy atom. The molecule has 0 aromatic rings. The van der Waals surface area contributed by atoms with Crippen LogP contribution in [0, 0.1) is 5.41 Å². The normalized spacial score (nSPS) is 20.0. The van der Waals surface area contributed by atoms with Crippen molar-refractivity contribution in [1.82, 2.24) is 10.2 Å². The largest absolute Gasteiger partial charge is 0.481 e. The molecule has 1 saturated heterocycles. The quantitative estimate of drug-likeness (QED) is 0.791. The Labute approximate surface area is 128 Å². The molecule has 1 fully saturated rings. The van der Waals surface area contributed by atoms with Crippen molar-refractivity contribution in [2.45, 2.75) is 71.8 Å². The third kappa shape index (κ3) is 6.82. The molecule has 0 aromatic carbocycles. The van der Waals surface area contributed by atoms with E-state index in [1.807, 2.05) is 4.90 Å². The number of rotatable bonds is 6. The summed E-state index contributed by atoms with van der Waals surface area (Å²) < 4.78 is 0. The fraction of sp³-hybridized carbons (Fsp3) is 0.875. The maximum atomic E-state index is 12.2. The first-order valence-electron chi connectivity index (χ1n) is 8.08. The summed E-state index contributed by atoms with van der Waals surface area (Å²) in [6.45, 7) is 7.67. The first-order valence-corrected chi connectivity index (χ1v) is 8.08. The van der Waals surface area contributed by atoms with Crippen molar-refractivity contribution in [1.29, 1.82) is 0 Å². The van der Waals surface area contributed by atoms with Crippen molar-refractivity contribution in [2.75, 3.05) is 13.1 Å². The lowest BCUT2D eigenvalue weighted by Gasteiger charge is -2.29. The molecular formula is C16H30N2O3. The Bertz CT molecular complexity index is 355. The minimum absolute atomic E-state index is 0.0263. The number of hydrogen-bond donors (Lipinski definition) is 2. The zero-order valence-electron chi connectivity index (χ0n) is 13.7. The minimum Gasteiger partial charge on any atom is -0.481 e. The maximum absolute atomic E-state index is 12.2. The molecule has 1 aliphatic rings. The number of carbonyl (C=O) groups is 2. The van der Waals surface area contributed by atoms with E-state index in [4.69, 9.17) is 5.11 Å². The second-order valence-corrected chi connectivity index (χ2v) is 6.93. The van der Waals surface area contributed by atoms with Crippen LogP contribution < -0.4 is 5.32 Å². The molecule has 0 radical (unpaired) electrons. The van der Waals surface area contributed by atoms with E-state index in [1.54, 1.807) is 0 Å². The fourth-order valence-electron chi connectivity index (χ4n) is 2.76. The van der Waals surface area contributed by atoms with E-state index in [-0.39, 0.29) is 17.9 Å². The zero-order chi connectivity index (χ0) is 15.9. The summed E-state index contributed by atoms with van der Waals surface area (Å²) in [6.07, 6.45) is 6.19. The summed E-state index contributed by atoms with van der Waals surface area (Å²) in [5, 5.41) is 11.7. The van der Waals surface area contributed by atoms with Gasteiger partial charge in [0, 0.05) is 25.6 Å². The van der Waals surface area contributed by atoms with E-state index in [2.05, 4.69) is 26.1 Å². The third-order valence-corrected chi connectivity index (χ3v) is 4.41. The van der Waals surface area contributed by atoms with E-state index in [9.17, 15) is 9.59 Å². The Kier molecular flexibility index (Phi) is 6.99. The van der Waals surface area contributed by atoms with E-state index >= 15 is 0 Å². The van der Waals surface area contributed by atoms with Gasteiger partial charge >= 0.3 is 12.0 Å². The van der Waals surface area contributed by atoms with Crippen LogP contribution >= 0.6 is 0 Å². The Morgan fingerprint density at radius 3 is 2.62 bits per heavy atom. The molecule has 0 aliphatic carbocycles. The number of urea groups is 1. The van der Waals surface area contributed by atoms with Gasteiger partial charge in [0.05, 0.1) is 0 Å². The van der Waals surface area contributed by atoms with Crippen LogP contribution in [-0.2, 0) is 4.79 Å². The Morgan fingerprint density at radius 1 is 1.24 bits per heavy atom. The molecule has 122 valence electrons. The number of amides is 2. The van der Waals surface area contributed by atoms with Gasteiger partial charge in [-0.25, -0.2) is 4.79 Å². The lowest BCUT2D eigenvalue weighted by molar-refractivity contribution is -0.137. The molecule has 1 aliphatic heterocycles. The maximum Gasteiger partial charge on any atom is 0.317 e. The van der Waals surface area contributed by atoms with Crippen molar-refractivity contribution >= 4 is 12.0 Å². The fourth-order valence-corrected chi connectivity index (χ4v) is 2.76. The molecule has 1 rings (SSSR count). The van der Waals surface area contributed by atoms with Gasteiger partial charge in [-0.1, -0.05) is 26.7 Å². The highest BCUT2D eigenvalue weighted by Crippen LogP contribution is 2.26. The topological polar surface area (TPSA) is 69.6 Å². The van der Waals surface area contributed by atoms with Crippen LogP contribution in [0.25, 0.3) is 0 Å². The highest BCUT2D eigenvalue weighted by molar-refractivity contribution is 5.74. The number of carboxylic acid groups (broad SMARTS) is 1. The van der Waals surface area contributed by atoms with Gasteiger partial charge in [-0.2, -0.15) is 0 Å². The molecule has 1 unspecified atom stereocenters. The van der Waals surface area contributed by atoms with Gasteiger partial charge < -0.3 is 15.3 Å². The Balaban J connectivity index is 2.33. The molecule has 0 bridgehead atoms. The molecule has 5 heteroatoms. The average molecular weight is 298 g/mol. The highest BCUT2D eigenvalue weighted by Gasteiger charge is 2.23. The number of carboxylic acids is 1. The molecule has 0 spiro atoms. The van der Waals surface area contributed by atoms with Gasteiger partial charge in [-0.15, -0.1) is 0 Å². The summed E-state index contributed by atoms with van der Waals surface area (Å²) in [5.41, 5.74) is -0.0595. The van der Waals surface area contributed by atoms with E-state index < -0.39 is 5.97 Å². The summed E-state index contributed by atoms with van der Waals surface area (Å²) >= 11 is 0. The predicted octanol–water partition coefficient (Wildman–Crippen LogP) is 3.24. The second kappa shape index (κ2) is 8.25. The van der Waals surface area contributed by atoms with Gasteiger partial charge in [-0.3, -0.25) is 4.79 Å². The lowest BCUT2D eigenvalue weighted by atomic mass is 9.84. The molecule has 21 heavy (non-hydrogen) atoms. The molecule has 1 atom stereocenters. The van der Waals surface area contributed by atoms with E-state index in [0.717, 1.165) is 25.8 Å². The number of likely N-dealkylation sites (tertiary alicyclic amines) is 1. The number of carbonyl (C=O) groups excluding carboxylic acids is 1. The van der Waals surface area contributed by atoms with Gasteiger partial charge in [0.15, 0.2) is 0 Å². The van der Waals surface area contributed by atoms with Crippen molar-refractivity contribution < 1.29 is 14.7 Å². The van der Waals surface area contributed by atoms with Crippen LogP contribution in [0.15, 0.2) is 0 Å². The summed E-state index contributed by atoms with van der Waals surface area (Å²) in [4.78, 5) is 24.8. The SMILES string of the molecule is CC1CCCCCN1C(=O)NCCC(C)(C)CCC(=O)O. The van der Waals surface area contributed by atoms with Crippen LogP contribution in [0.5, 0.6) is 0 Å². The molecule has 1 heterocycles. The Hall–Kier alpha value is -1.26. The van der Waals surface area contributed by atoms with Gasteiger partial charge in [0.25, 0.3) is 0 Å². The number of hydrogen-bond acceptors (Lipinski definition) is 2.